The molecule has 0 fully saturated rings. The summed E-state index contributed by atoms with van der Waals surface area (Å²) in [7, 11) is 1.66. The van der Waals surface area contributed by atoms with Gasteiger partial charge in [0.25, 0.3) is 0 Å². The average molecular weight is 431 g/mol. The molecule has 0 saturated carbocycles. The number of methoxy groups -OCH3 is 1. The molecule has 0 saturated heterocycles. The molecule has 0 amide bonds. The van der Waals surface area contributed by atoms with E-state index in [1.807, 2.05) is 48.9 Å². The van der Waals surface area contributed by atoms with E-state index >= 15 is 0 Å². The number of halogens is 2. The molecule has 26 heavy (non-hydrogen) atoms. The molecule has 0 aliphatic heterocycles. The summed E-state index contributed by atoms with van der Waals surface area (Å²) in [4.78, 5) is 0. The van der Waals surface area contributed by atoms with Crippen molar-refractivity contribution >= 4 is 27.5 Å². The van der Waals surface area contributed by atoms with E-state index in [1.54, 1.807) is 13.2 Å². The summed E-state index contributed by atoms with van der Waals surface area (Å²) < 4.78 is 8.42. The minimum Gasteiger partial charge on any atom is -0.496 e. The Balaban J connectivity index is 2.03. The molecule has 3 aromatic rings. The Morgan fingerprint density at radius 1 is 1.23 bits per heavy atom. The number of benzene rings is 2. The number of rotatable bonds is 4. The zero-order valence-corrected chi connectivity index (χ0v) is 17.0. The van der Waals surface area contributed by atoms with Crippen molar-refractivity contribution in [3.05, 3.63) is 68.4 Å². The minimum absolute atomic E-state index is 0.449. The lowest BCUT2D eigenvalue weighted by molar-refractivity contribution is 0.407. The third-order valence-corrected chi connectivity index (χ3v) is 5.13. The fourth-order valence-corrected chi connectivity index (χ4v) is 3.69. The van der Waals surface area contributed by atoms with E-state index in [-0.39, 0.29) is 0 Å². The van der Waals surface area contributed by atoms with Gasteiger partial charge in [-0.15, -0.1) is 0 Å². The van der Waals surface area contributed by atoms with Crippen LogP contribution in [0.4, 0.5) is 0 Å². The molecule has 0 unspecified atom stereocenters. The molecule has 1 aromatic heterocycles. The van der Waals surface area contributed by atoms with Gasteiger partial charge in [-0.2, -0.15) is 10.4 Å². The van der Waals surface area contributed by atoms with Gasteiger partial charge in [-0.1, -0.05) is 33.6 Å². The number of hydrogen-bond donors (Lipinski definition) is 0. The van der Waals surface area contributed by atoms with Gasteiger partial charge >= 0.3 is 0 Å². The van der Waals surface area contributed by atoms with Crippen molar-refractivity contribution in [2.24, 2.45) is 0 Å². The molecule has 0 bridgehead atoms. The molecule has 132 valence electrons. The van der Waals surface area contributed by atoms with Gasteiger partial charge in [0.15, 0.2) is 0 Å². The highest BCUT2D eigenvalue weighted by atomic mass is 79.9. The maximum Gasteiger partial charge on any atom is 0.124 e. The Morgan fingerprint density at radius 3 is 2.65 bits per heavy atom. The molecule has 0 atom stereocenters. The van der Waals surface area contributed by atoms with Crippen LogP contribution in [0, 0.1) is 25.2 Å². The van der Waals surface area contributed by atoms with Crippen molar-refractivity contribution in [3.8, 4) is 22.9 Å². The van der Waals surface area contributed by atoms with E-state index in [0.717, 1.165) is 38.3 Å². The number of hydrogen-bond acceptors (Lipinski definition) is 3. The molecular formula is C20H17BrClN3O. The van der Waals surface area contributed by atoms with Gasteiger partial charge in [-0.3, -0.25) is 4.68 Å². The number of aromatic nitrogens is 2. The molecule has 6 heteroatoms. The number of nitrogens with zero attached hydrogens (tertiary/aromatic N) is 3. The van der Waals surface area contributed by atoms with Crippen LogP contribution in [-0.4, -0.2) is 16.9 Å². The van der Waals surface area contributed by atoms with E-state index in [1.165, 1.54) is 0 Å². The largest absolute Gasteiger partial charge is 0.496 e. The summed E-state index contributed by atoms with van der Waals surface area (Å²) in [6.45, 7) is 4.61. The zero-order chi connectivity index (χ0) is 18.8. The molecule has 3 rings (SSSR count). The van der Waals surface area contributed by atoms with Crippen molar-refractivity contribution < 1.29 is 4.74 Å². The SMILES string of the molecule is COc1ccc(Br)cc1Cn1nc(C)c(-c2ccc(C#N)c(Cl)c2)c1C. The lowest BCUT2D eigenvalue weighted by atomic mass is 10.0. The quantitative estimate of drug-likeness (QED) is 0.548. The normalized spacial score (nSPS) is 10.6. The van der Waals surface area contributed by atoms with Gasteiger partial charge in [0, 0.05) is 21.3 Å². The minimum atomic E-state index is 0.449. The van der Waals surface area contributed by atoms with E-state index < -0.39 is 0 Å². The Hall–Kier alpha value is -2.29. The van der Waals surface area contributed by atoms with Gasteiger partial charge in [-0.25, -0.2) is 0 Å². The topological polar surface area (TPSA) is 50.8 Å². The Bertz CT molecular complexity index is 1020. The van der Waals surface area contributed by atoms with Gasteiger partial charge < -0.3 is 4.74 Å². The van der Waals surface area contributed by atoms with E-state index in [2.05, 4.69) is 22.0 Å². The standard InChI is InChI=1S/C20H17BrClN3O/c1-12-20(14-4-5-15(10-23)18(22)9-14)13(2)25(24-12)11-16-8-17(21)6-7-19(16)26-3/h4-9H,11H2,1-3H3. The van der Waals surface area contributed by atoms with Gasteiger partial charge in [0.05, 0.1) is 29.9 Å². The van der Waals surface area contributed by atoms with Crippen LogP contribution in [-0.2, 0) is 6.54 Å². The third-order valence-electron chi connectivity index (χ3n) is 4.32. The highest BCUT2D eigenvalue weighted by Crippen LogP contribution is 2.31. The molecule has 0 aliphatic carbocycles. The monoisotopic (exact) mass is 429 g/mol. The maximum absolute atomic E-state index is 9.06. The molecule has 2 aromatic carbocycles. The van der Waals surface area contributed by atoms with Crippen LogP contribution in [0.2, 0.25) is 5.02 Å². The molecule has 0 aliphatic rings. The number of nitriles is 1. The second kappa shape index (κ2) is 7.53. The van der Waals surface area contributed by atoms with Crippen LogP contribution in [0.25, 0.3) is 11.1 Å². The van der Waals surface area contributed by atoms with Crippen molar-refractivity contribution in [2.75, 3.05) is 7.11 Å². The van der Waals surface area contributed by atoms with E-state index in [4.69, 9.17) is 26.7 Å². The highest BCUT2D eigenvalue weighted by molar-refractivity contribution is 9.10. The molecule has 0 N–H and O–H groups in total. The van der Waals surface area contributed by atoms with Crippen LogP contribution in [0.15, 0.2) is 40.9 Å². The molecule has 0 spiro atoms. The predicted octanol–water partition coefficient (Wildman–Crippen LogP) is 5.51. The van der Waals surface area contributed by atoms with Gasteiger partial charge in [-0.05, 0) is 49.7 Å². The Morgan fingerprint density at radius 2 is 2.00 bits per heavy atom. The van der Waals surface area contributed by atoms with Crippen LogP contribution < -0.4 is 4.74 Å². The fourth-order valence-electron chi connectivity index (χ4n) is 3.06. The smallest absolute Gasteiger partial charge is 0.124 e. The average Bonchev–Trinajstić information content (AvgIpc) is 2.88. The summed E-state index contributed by atoms with van der Waals surface area (Å²) in [5.41, 5.74) is 5.44. The van der Waals surface area contributed by atoms with Crippen molar-refractivity contribution in [2.45, 2.75) is 20.4 Å². The summed E-state index contributed by atoms with van der Waals surface area (Å²) >= 11 is 9.72. The van der Waals surface area contributed by atoms with Crippen LogP contribution in [0.3, 0.4) is 0 Å². The van der Waals surface area contributed by atoms with E-state index in [0.29, 0.717) is 17.1 Å². The third kappa shape index (κ3) is 3.48. The summed E-state index contributed by atoms with van der Waals surface area (Å²) in [6, 6.07) is 13.5. The maximum atomic E-state index is 9.06. The van der Waals surface area contributed by atoms with Crippen molar-refractivity contribution in [1.82, 2.24) is 9.78 Å². The highest BCUT2D eigenvalue weighted by Gasteiger charge is 2.16. The van der Waals surface area contributed by atoms with E-state index in [9.17, 15) is 0 Å². The second-order valence-corrected chi connectivity index (χ2v) is 7.29. The fraction of sp³-hybridized carbons (Fsp3) is 0.200. The predicted molar refractivity (Wildman–Crippen MR) is 107 cm³/mol. The van der Waals surface area contributed by atoms with Crippen LogP contribution in [0.5, 0.6) is 5.75 Å². The Kier molecular flexibility index (Phi) is 5.36. The van der Waals surface area contributed by atoms with Gasteiger partial charge in [0.1, 0.15) is 11.8 Å². The van der Waals surface area contributed by atoms with Gasteiger partial charge in [0.2, 0.25) is 0 Å². The lowest BCUT2D eigenvalue weighted by Gasteiger charge is -2.11. The second-order valence-electron chi connectivity index (χ2n) is 5.97. The van der Waals surface area contributed by atoms with Crippen molar-refractivity contribution in [1.29, 1.82) is 5.26 Å². The lowest BCUT2D eigenvalue weighted by Crippen LogP contribution is -2.05. The first-order valence-electron chi connectivity index (χ1n) is 8.01. The molecule has 4 nitrogen and oxygen atoms in total. The summed E-state index contributed by atoms with van der Waals surface area (Å²) in [5, 5.41) is 14.2. The Labute approximate surface area is 166 Å². The first kappa shape index (κ1) is 18.5. The van der Waals surface area contributed by atoms with Crippen molar-refractivity contribution in [3.63, 3.8) is 0 Å². The first-order valence-corrected chi connectivity index (χ1v) is 9.18. The first-order chi connectivity index (χ1) is 12.4. The van der Waals surface area contributed by atoms with Crippen LogP contribution in [0.1, 0.15) is 22.5 Å². The summed E-state index contributed by atoms with van der Waals surface area (Å²) in [5.74, 6) is 0.823. The molecule has 0 radical (unpaired) electrons. The summed E-state index contributed by atoms with van der Waals surface area (Å²) in [6.07, 6.45) is 0. The molecular weight excluding hydrogens is 414 g/mol. The van der Waals surface area contributed by atoms with Crippen LogP contribution >= 0.6 is 27.5 Å². The molecule has 1 heterocycles. The number of aryl methyl sites for hydroxylation is 1. The number of ether oxygens (including phenoxy) is 1. The zero-order valence-electron chi connectivity index (χ0n) is 14.7.